The Hall–Kier alpha value is -1.33. The number of furan rings is 1. The molecule has 1 aromatic rings. The molecule has 5 heteroatoms. The summed E-state index contributed by atoms with van der Waals surface area (Å²) in [5.74, 6) is -0.247. The van der Waals surface area contributed by atoms with Gasteiger partial charge in [0.05, 0.1) is 18.9 Å². The molecule has 1 aromatic heterocycles. The highest BCUT2D eigenvalue weighted by molar-refractivity contribution is 5.66. The lowest BCUT2D eigenvalue weighted by atomic mass is 10.1. The average molecular weight is 213 g/mol. The first-order chi connectivity index (χ1) is 7.15. The standard InChI is InChI=1S/C10H15NO4/c1-14-6-7-4-5-15-10(7)8(11)2-3-9(12)13/h4-5,8H,2-3,6,11H2,1H3,(H,12,13). The highest BCUT2D eigenvalue weighted by atomic mass is 16.5. The van der Waals surface area contributed by atoms with Gasteiger partial charge in [0.25, 0.3) is 0 Å². The van der Waals surface area contributed by atoms with E-state index in [1.165, 1.54) is 6.26 Å². The molecule has 0 spiro atoms. The van der Waals surface area contributed by atoms with Gasteiger partial charge < -0.3 is 20.0 Å². The van der Waals surface area contributed by atoms with E-state index in [4.69, 9.17) is 20.0 Å². The molecule has 1 heterocycles. The number of carbonyl (C=O) groups is 1. The van der Waals surface area contributed by atoms with Gasteiger partial charge in [0.2, 0.25) is 0 Å². The van der Waals surface area contributed by atoms with Crippen LogP contribution in [0.25, 0.3) is 0 Å². The molecule has 84 valence electrons. The molecule has 0 bridgehead atoms. The van der Waals surface area contributed by atoms with Crippen molar-refractivity contribution in [2.24, 2.45) is 5.73 Å². The van der Waals surface area contributed by atoms with Gasteiger partial charge in [-0.3, -0.25) is 4.79 Å². The first-order valence-corrected chi connectivity index (χ1v) is 4.67. The minimum absolute atomic E-state index is 0.0360. The van der Waals surface area contributed by atoms with Crippen LogP contribution in [0.3, 0.4) is 0 Å². The Morgan fingerprint density at radius 1 is 1.73 bits per heavy atom. The summed E-state index contributed by atoms with van der Waals surface area (Å²) in [6, 6.07) is 1.39. The topological polar surface area (TPSA) is 85.7 Å². The van der Waals surface area contributed by atoms with Crippen LogP contribution in [0.5, 0.6) is 0 Å². The van der Waals surface area contributed by atoms with Crippen molar-refractivity contribution in [3.05, 3.63) is 23.7 Å². The Morgan fingerprint density at radius 3 is 3.07 bits per heavy atom. The summed E-state index contributed by atoms with van der Waals surface area (Å²) in [4.78, 5) is 10.4. The number of nitrogens with two attached hydrogens (primary N) is 1. The zero-order valence-corrected chi connectivity index (χ0v) is 8.60. The second-order valence-corrected chi connectivity index (χ2v) is 3.28. The molecule has 1 unspecified atom stereocenters. The summed E-state index contributed by atoms with van der Waals surface area (Å²) in [5, 5.41) is 8.52. The molecule has 0 aliphatic heterocycles. The van der Waals surface area contributed by atoms with Crippen molar-refractivity contribution in [3.63, 3.8) is 0 Å². The van der Waals surface area contributed by atoms with Gasteiger partial charge in [-0.2, -0.15) is 0 Å². The molecule has 0 amide bonds. The minimum Gasteiger partial charge on any atom is -0.481 e. The van der Waals surface area contributed by atoms with E-state index >= 15 is 0 Å². The van der Waals surface area contributed by atoms with Gasteiger partial charge in [0.15, 0.2) is 0 Å². The van der Waals surface area contributed by atoms with Crippen LogP contribution in [-0.4, -0.2) is 18.2 Å². The Balaban J connectivity index is 2.59. The molecule has 1 atom stereocenters. The average Bonchev–Trinajstić information content (AvgIpc) is 2.63. The van der Waals surface area contributed by atoms with Gasteiger partial charge in [0, 0.05) is 19.1 Å². The molecule has 0 fully saturated rings. The second-order valence-electron chi connectivity index (χ2n) is 3.28. The van der Waals surface area contributed by atoms with E-state index in [9.17, 15) is 4.79 Å². The lowest BCUT2D eigenvalue weighted by Gasteiger charge is -2.09. The molecule has 1 rings (SSSR count). The fourth-order valence-corrected chi connectivity index (χ4v) is 1.36. The van der Waals surface area contributed by atoms with Crippen LogP contribution in [0.1, 0.15) is 30.2 Å². The predicted octanol–water partition coefficient (Wildman–Crippen LogP) is 1.29. The Labute approximate surface area is 87.8 Å². The number of aliphatic carboxylic acids is 1. The van der Waals surface area contributed by atoms with Crippen molar-refractivity contribution in [2.45, 2.75) is 25.5 Å². The van der Waals surface area contributed by atoms with E-state index in [-0.39, 0.29) is 12.5 Å². The molecule has 5 nitrogen and oxygen atoms in total. The number of rotatable bonds is 6. The van der Waals surface area contributed by atoms with Crippen LogP contribution < -0.4 is 5.73 Å². The van der Waals surface area contributed by atoms with Gasteiger partial charge in [-0.05, 0) is 12.5 Å². The lowest BCUT2D eigenvalue weighted by molar-refractivity contribution is -0.137. The minimum atomic E-state index is -0.856. The van der Waals surface area contributed by atoms with Gasteiger partial charge in [-0.25, -0.2) is 0 Å². The summed E-state index contributed by atoms with van der Waals surface area (Å²) in [6.45, 7) is 0.423. The van der Waals surface area contributed by atoms with E-state index in [0.29, 0.717) is 18.8 Å². The Bertz CT molecular complexity index is 321. The Morgan fingerprint density at radius 2 is 2.47 bits per heavy atom. The monoisotopic (exact) mass is 213 g/mol. The van der Waals surface area contributed by atoms with Crippen LogP contribution in [0.4, 0.5) is 0 Å². The molecule has 3 N–H and O–H groups in total. The van der Waals surface area contributed by atoms with Gasteiger partial charge in [-0.15, -0.1) is 0 Å². The third-order valence-corrected chi connectivity index (χ3v) is 2.09. The first kappa shape index (κ1) is 11.7. The van der Waals surface area contributed by atoms with E-state index in [1.807, 2.05) is 0 Å². The summed E-state index contributed by atoms with van der Waals surface area (Å²) in [6.07, 6.45) is 1.93. The van der Waals surface area contributed by atoms with E-state index < -0.39 is 5.97 Å². The summed E-state index contributed by atoms with van der Waals surface area (Å²) < 4.78 is 10.2. The Kier molecular flexibility index (Phi) is 4.33. The van der Waals surface area contributed by atoms with Crippen molar-refractivity contribution in [1.82, 2.24) is 0 Å². The molecule has 0 aliphatic carbocycles. The van der Waals surface area contributed by atoms with E-state index in [2.05, 4.69) is 0 Å². The van der Waals surface area contributed by atoms with Crippen LogP contribution in [-0.2, 0) is 16.1 Å². The third-order valence-electron chi connectivity index (χ3n) is 2.09. The molecule has 0 saturated heterocycles. The van der Waals surface area contributed by atoms with Crippen LogP contribution in [0.2, 0.25) is 0 Å². The summed E-state index contributed by atoms with van der Waals surface area (Å²) in [5.41, 5.74) is 6.68. The number of carboxylic acid groups (broad SMARTS) is 1. The quantitative estimate of drug-likeness (QED) is 0.743. The smallest absolute Gasteiger partial charge is 0.303 e. The molecule has 0 aliphatic rings. The number of methoxy groups -OCH3 is 1. The largest absolute Gasteiger partial charge is 0.481 e. The van der Waals surface area contributed by atoms with Gasteiger partial charge >= 0.3 is 5.97 Å². The SMILES string of the molecule is COCc1ccoc1C(N)CCC(=O)O. The molecular formula is C10H15NO4. The lowest BCUT2D eigenvalue weighted by Crippen LogP contribution is -2.13. The van der Waals surface area contributed by atoms with Gasteiger partial charge in [-0.1, -0.05) is 0 Å². The van der Waals surface area contributed by atoms with Crippen LogP contribution in [0.15, 0.2) is 16.7 Å². The van der Waals surface area contributed by atoms with Crippen LogP contribution in [0, 0.1) is 0 Å². The highest BCUT2D eigenvalue weighted by Gasteiger charge is 2.15. The van der Waals surface area contributed by atoms with Crippen molar-refractivity contribution in [2.75, 3.05) is 7.11 Å². The van der Waals surface area contributed by atoms with Crippen molar-refractivity contribution in [1.29, 1.82) is 0 Å². The van der Waals surface area contributed by atoms with E-state index in [0.717, 1.165) is 5.56 Å². The van der Waals surface area contributed by atoms with Gasteiger partial charge in [0.1, 0.15) is 5.76 Å². The molecular weight excluding hydrogens is 198 g/mol. The zero-order valence-electron chi connectivity index (χ0n) is 8.60. The van der Waals surface area contributed by atoms with E-state index in [1.54, 1.807) is 13.2 Å². The fraction of sp³-hybridized carbons (Fsp3) is 0.500. The molecule has 0 aromatic carbocycles. The highest BCUT2D eigenvalue weighted by Crippen LogP contribution is 2.21. The van der Waals surface area contributed by atoms with Crippen molar-refractivity contribution < 1.29 is 19.1 Å². The maximum absolute atomic E-state index is 10.4. The third kappa shape index (κ3) is 3.38. The summed E-state index contributed by atoms with van der Waals surface area (Å²) >= 11 is 0. The zero-order chi connectivity index (χ0) is 11.3. The first-order valence-electron chi connectivity index (χ1n) is 4.67. The number of hydrogen-bond acceptors (Lipinski definition) is 4. The second kappa shape index (κ2) is 5.53. The predicted molar refractivity (Wildman–Crippen MR) is 53.2 cm³/mol. The van der Waals surface area contributed by atoms with Crippen molar-refractivity contribution >= 4 is 5.97 Å². The number of hydrogen-bond donors (Lipinski definition) is 2. The normalized spacial score (nSPS) is 12.7. The fourth-order valence-electron chi connectivity index (χ4n) is 1.36. The molecule has 15 heavy (non-hydrogen) atoms. The number of ether oxygens (including phenoxy) is 1. The van der Waals surface area contributed by atoms with Crippen molar-refractivity contribution in [3.8, 4) is 0 Å². The maximum Gasteiger partial charge on any atom is 0.303 e. The molecule has 0 radical (unpaired) electrons. The van der Waals surface area contributed by atoms with Crippen LogP contribution >= 0.6 is 0 Å². The number of carboxylic acids is 1. The maximum atomic E-state index is 10.4. The molecule has 0 saturated carbocycles. The summed E-state index contributed by atoms with van der Waals surface area (Å²) in [7, 11) is 1.58.